The van der Waals surface area contributed by atoms with Crippen LogP contribution in [0.5, 0.6) is 0 Å². The Balaban J connectivity index is 1.32. The molecule has 1 heterocycles. The van der Waals surface area contributed by atoms with Crippen molar-refractivity contribution < 1.29 is 4.79 Å². The molecule has 1 aromatic heterocycles. The third kappa shape index (κ3) is 11.7. The van der Waals surface area contributed by atoms with Crippen molar-refractivity contribution >= 4 is 16.8 Å². The topological polar surface area (TPSA) is 44.9 Å². The molecule has 2 N–H and O–H groups in total. The van der Waals surface area contributed by atoms with Crippen molar-refractivity contribution in [3.8, 4) is 0 Å². The maximum atomic E-state index is 12.1. The van der Waals surface area contributed by atoms with Crippen LogP contribution in [-0.2, 0) is 11.2 Å². The number of fused-ring (bicyclic) bond motifs is 1. The molecular weight excluding hydrogens is 392 g/mol. The molecule has 0 unspecified atom stereocenters. The molecule has 1 aromatic carbocycles. The number of H-pyrrole nitrogens is 1. The number of benzene rings is 1. The van der Waals surface area contributed by atoms with Crippen molar-refractivity contribution in [3.05, 3.63) is 36.0 Å². The average Bonchev–Trinajstić information content (AvgIpc) is 3.22. The van der Waals surface area contributed by atoms with E-state index in [1.807, 2.05) is 6.07 Å². The van der Waals surface area contributed by atoms with Crippen LogP contribution >= 0.6 is 0 Å². The summed E-state index contributed by atoms with van der Waals surface area (Å²) in [6, 6.07) is 8.34. The second-order valence-corrected chi connectivity index (χ2v) is 9.51. The first-order chi connectivity index (χ1) is 15.8. The highest BCUT2D eigenvalue weighted by Gasteiger charge is 2.04. The van der Waals surface area contributed by atoms with Crippen LogP contribution in [0.3, 0.4) is 0 Å². The van der Waals surface area contributed by atoms with E-state index in [-0.39, 0.29) is 5.91 Å². The maximum absolute atomic E-state index is 12.1. The number of para-hydroxylation sites is 1. The van der Waals surface area contributed by atoms with E-state index in [1.165, 1.54) is 113 Å². The number of hydrogen-bond donors (Lipinski definition) is 2. The summed E-state index contributed by atoms with van der Waals surface area (Å²) in [4.78, 5) is 15.4. The smallest absolute Gasteiger partial charge is 0.220 e. The van der Waals surface area contributed by atoms with E-state index < -0.39 is 0 Å². The second-order valence-electron chi connectivity index (χ2n) is 9.51. The van der Waals surface area contributed by atoms with Gasteiger partial charge in [0.2, 0.25) is 5.91 Å². The molecule has 3 nitrogen and oxygen atoms in total. The lowest BCUT2D eigenvalue weighted by Crippen LogP contribution is -2.25. The third-order valence-electron chi connectivity index (χ3n) is 6.65. The van der Waals surface area contributed by atoms with Gasteiger partial charge in [-0.05, 0) is 24.5 Å². The minimum atomic E-state index is 0.204. The lowest BCUT2D eigenvalue weighted by Gasteiger charge is -2.05. The molecule has 0 saturated heterocycles. The van der Waals surface area contributed by atoms with Gasteiger partial charge in [-0.2, -0.15) is 0 Å². The molecule has 0 aliphatic rings. The fourth-order valence-corrected chi connectivity index (χ4v) is 4.60. The minimum Gasteiger partial charge on any atom is -0.361 e. The molecule has 0 atom stereocenters. The van der Waals surface area contributed by atoms with Gasteiger partial charge in [-0.25, -0.2) is 0 Å². The first kappa shape index (κ1) is 26.5. The number of carbonyl (C=O) groups excluding carboxylic acids is 1. The quantitative estimate of drug-likeness (QED) is 0.199. The SMILES string of the molecule is CCCCCCCCCCCCCCCCCCC(=O)NCCc1c[nH]c2ccccc12. The molecule has 32 heavy (non-hydrogen) atoms. The fourth-order valence-electron chi connectivity index (χ4n) is 4.60. The van der Waals surface area contributed by atoms with Crippen molar-refractivity contribution in [2.45, 2.75) is 122 Å². The molecule has 3 heteroatoms. The van der Waals surface area contributed by atoms with E-state index in [0.717, 1.165) is 19.4 Å². The van der Waals surface area contributed by atoms with E-state index in [4.69, 9.17) is 0 Å². The Bertz CT molecular complexity index is 721. The van der Waals surface area contributed by atoms with Crippen LogP contribution in [0, 0.1) is 0 Å². The summed E-state index contributed by atoms with van der Waals surface area (Å²) < 4.78 is 0. The van der Waals surface area contributed by atoms with Crippen LogP contribution in [0.25, 0.3) is 10.9 Å². The third-order valence-corrected chi connectivity index (χ3v) is 6.65. The molecule has 2 rings (SSSR count). The van der Waals surface area contributed by atoms with Gasteiger partial charge < -0.3 is 10.3 Å². The number of carbonyl (C=O) groups is 1. The summed E-state index contributed by atoms with van der Waals surface area (Å²) in [5, 5.41) is 4.35. The van der Waals surface area contributed by atoms with Crippen molar-refractivity contribution in [2.75, 3.05) is 6.54 Å². The van der Waals surface area contributed by atoms with Crippen LogP contribution in [0.15, 0.2) is 30.5 Å². The van der Waals surface area contributed by atoms with Crippen LogP contribution in [-0.4, -0.2) is 17.4 Å². The predicted octanol–water partition coefficient (Wildman–Crippen LogP) is 8.48. The van der Waals surface area contributed by atoms with Gasteiger partial charge in [0, 0.05) is 30.1 Å². The number of hydrogen-bond acceptors (Lipinski definition) is 1. The Labute approximate surface area is 197 Å². The van der Waals surface area contributed by atoms with Crippen molar-refractivity contribution in [2.24, 2.45) is 0 Å². The summed E-state index contributed by atoms with van der Waals surface area (Å²) >= 11 is 0. The molecule has 0 saturated carbocycles. The van der Waals surface area contributed by atoms with Gasteiger partial charge in [0.15, 0.2) is 0 Å². The Kier molecular flexibility index (Phi) is 14.7. The van der Waals surface area contributed by atoms with Crippen molar-refractivity contribution in [1.82, 2.24) is 10.3 Å². The lowest BCUT2D eigenvalue weighted by molar-refractivity contribution is -0.121. The standard InChI is InChI=1S/C29H48N2O/c1-2-3-4-5-6-7-8-9-10-11-12-13-14-15-16-17-22-29(32)30-24-23-26-25-31-28-21-19-18-20-27(26)28/h18-21,25,31H,2-17,22-24H2,1H3,(H,30,32). The van der Waals surface area contributed by atoms with Crippen molar-refractivity contribution in [1.29, 1.82) is 0 Å². The molecule has 0 spiro atoms. The molecule has 1 amide bonds. The van der Waals surface area contributed by atoms with E-state index >= 15 is 0 Å². The highest BCUT2D eigenvalue weighted by molar-refractivity contribution is 5.83. The van der Waals surface area contributed by atoms with E-state index in [2.05, 4.69) is 41.6 Å². The highest BCUT2D eigenvalue weighted by atomic mass is 16.1. The fraction of sp³-hybridized carbons (Fsp3) is 0.690. The normalized spacial score (nSPS) is 11.3. The Morgan fingerprint density at radius 3 is 1.88 bits per heavy atom. The number of aromatic nitrogens is 1. The zero-order chi connectivity index (χ0) is 22.7. The van der Waals surface area contributed by atoms with Crippen LogP contribution in [0.2, 0.25) is 0 Å². The first-order valence-electron chi connectivity index (χ1n) is 13.6. The molecular formula is C29H48N2O. The first-order valence-corrected chi connectivity index (χ1v) is 13.6. The molecule has 0 bridgehead atoms. The van der Waals surface area contributed by atoms with E-state index in [1.54, 1.807) is 0 Å². The van der Waals surface area contributed by atoms with E-state index in [0.29, 0.717) is 6.42 Å². The van der Waals surface area contributed by atoms with Gasteiger partial charge >= 0.3 is 0 Å². The predicted molar refractivity (Wildman–Crippen MR) is 139 cm³/mol. The van der Waals surface area contributed by atoms with Crippen LogP contribution < -0.4 is 5.32 Å². The number of amides is 1. The van der Waals surface area contributed by atoms with Crippen LogP contribution in [0.4, 0.5) is 0 Å². The molecule has 180 valence electrons. The highest BCUT2D eigenvalue weighted by Crippen LogP contribution is 2.18. The molecule has 0 fully saturated rings. The number of unbranched alkanes of at least 4 members (excludes halogenated alkanes) is 15. The van der Waals surface area contributed by atoms with E-state index in [9.17, 15) is 4.79 Å². The van der Waals surface area contributed by atoms with Gasteiger partial charge in [-0.1, -0.05) is 121 Å². The van der Waals surface area contributed by atoms with Gasteiger partial charge in [-0.15, -0.1) is 0 Å². The van der Waals surface area contributed by atoms with Gasteiger partial charge in [0.25, 0.3) is 0 Å². The summed E-state index contributed by atoms with van der Waals surface area (Å²) in [6.07, 6.45) is 25.5. The monoisotopic (exact) mass is 440 g/mol. The summed E-state index contributed by atoms with van der Waals surface area (Å²) in [5.74, 6) is 0.204. The second kappa shape index (κ2) is 17.7. The van der Waals surface area contributed by atoms with Gasteiger partial charge in [-0.3, -0.25) is 4.79 Å². The largest absolute Gasteiger partial charge is 0.361 e. The number of aromatic amines is 1. The zero-order valence-electron chi connectivity index (χ0n) is 20.7. The van der Waals surface area contributed by atoms with Crippen molar-refractivity contribution in [3.63, 3.8) is 0 Å². The Morgan fingerprint density at radius 1 is 0.750 bits per heavy atom. The Hall–Kier alpha value is -1.77. The number of nitrogens with one attached hydrogen (secondary N) is 2. The zero-order valence-corrected chi connectivity index (χ0v) is 20.7. The summed E-state index contributed by atoms with van der Waals surface area (Å²) in [5.41, 5.74) is 2.45. The summed E-state index contributed by atoms with van der Waals surface area (Å²) in [6.45, 7) is 3.01. The molecule has 0 aliphatic heterocycles. The van der Waals surface area contributed by atoms with Crippen LogP contribution in [0.1, 0.15) is 122 Å². The maximum Gasteiger partial charge on any atom is 0.220 e. The molecule has 0 aliphatic carbocycles. The average molecular weight is 441 g/mol. The lowest BCUT2D eigenvalue weighted by atomic mass is 10.0. The Morgan fingerprint density at radius 2 is 1.28 bits per heavy atom. The van der Waals surface area contributed by atoms with Gasteiger partial charge in [0.05, 0.1) is 0 Å². The minimum absolute atomic E-state index is 0.204. The van der Waals surface area contributed by atoms with Gasteiger partial charge in [0.1, 0.15) is 0 Å². The number of rotatable bonds is 20. The summed E-state index contributed by atoms with van der Waals surface area (Å²) in [7, 11) is 0. The molecule has 2 aromatic rings. The molecule has 0 radical (unpaired) electrons.